The summed E-state index contributed by atoms with van der Waals surface area (Å²) in [5, 5.41) is 2.99. The summed E-state index contributed by atoms with van der Waals surface area (Å²) in [5.74, 6) is 0.322. The maximum Gasteiger partial charge on any atom is 0.170 e. The highest BCUT2D eigenvalue weighted by Gasteiger charge is 2.21. The molecule has 106 valence electrons. The zero-order chi connectivity index (χ0) is 13.7. The van der Waals surface area contributed by atoms with Gasteiger partial charge in [0.05, 0.1) is 0 Å². The first-order chi connectivity index (χ1) is 9.24. The van der Waals surface area contributed by atoms with Crippen LogP contribution in [0.4, 0.5) is 10.2 Å². The molecule has 1 saturated carbocycles. The zero-order valence-corrected chi connectivity index (χ0v) is 12.0. The van der Waals surface area contributed by atoms with Crippen LogP contribution in [0.5, 0.6) is 0 Å². The largest absolute Gasteiger partial charge is 0.354 e. The third-order valence-corrected chi connectivity index (χ3v) is 4.02. The average Bonchev–Trinajstić information content (AvgIpc) is 2.69. The van der Waals surface area contributed by atoms with E-state index in [9.17, 15) is 4.39 Å². The Morgan fingerprint density at radius 3 is 2.63 bits per heavy atom. The molecule has 0 atom stereocenters. The van der Waals surface area contributed by atoms with Gasteiger partial charge in [-0.2, -0.15) is 0 Å². The first kappa shape index (κ1) is 14.3. The predicted molar refractivity (Wildman–Crippen MR) is 76.9 cm³/mol. The summed E-state index contributed by atoms with van der Waals surface area (Å²) < 4.78 is 14.4. The number of pyridine rings is 1. The van der Waals surface area contributed by atoms with Gasteiger partial charge in [0.25, 0.3) is 0 Å². The molecule has 0 aromatic carbocycles. The molecule has 0 bridgehead atoms. The molecule has 0 amide bonds. The molecule has 4 heteroatoms. The lowest BCUT2D eigenvalue weighted by molar-refractivity contribution is 0.527. The van der Waals surface area contributed by atoms with Crippen molar-refractivity contribution in [2.75, 3.05) is 19.0 Å². The van der Waals surface area contributed by atoms with Gasteiger partial charge < -0.3 is 10.2 Å². The summed E-state index contributed by atoms with van der Waals surface area (Å²) in [7, 11) is 3.80. The summed E-state index contributed by atoms with van der Waals surface area (Å²) in [4.78, 5) is 6.29. The van der Waals surface area contributed by atoms with Gasteiger partial charge in [-0.25, -0.2) is 9.37 Å². The van der Waals surface area contributed by atoms with Crippen LogP contribution in [0.3, 0.4) is 0 Å². The van der Waals surface area contributed by atoms with Gasteiger partial charge in [-0.1, -0.05) is 25.7 Å². The van der Waals surface area contributed by atoms with Crippen LogP contribution in [0.2, 0.25) is 0 Å². The first-order valence-electron chi connectivity index (χ1n) is 7.25. The number of hydrogen-bond donors (Lipinski definition) is 1. The fourth-order valence-electron chi connectivity index (χ4n) is 2.86. The normalized spacial score (nSPS) is 17.2. The van der Waals surface area contributed by atoms with E-state index in [0.717, 1.165) is 12.8 Å². The molecule has 0 saturated heterocycles. The third-order valence-electron chi connectivity index (χ3n) is 4.02. The van der Waals surface area contributed by atoms with Gasteiger partial charge in [0.1, 0.15) is 0 Å². The fraction of sp³-hybridized carbons (Fsp3) is 0.667. The summed E-state index contributed by atoms with van der Waals surface area (Å²) >= 11 is 0. The maximum atomic E-state index is 14.4. The Morgan fingerprint density at radius 2 is 2.00 bits per heavy atom. The van der Waals surface area contributed by atoms with E-state index in [4.69, 9.17) is 0 Å². The van der Waals surface area contributed by atoms with Gasteiger partial charge in [-0.15, -0.1) is 0 Å². The van der Waals surface area contributed by atoms with Crippen LogP contribution in [-0.2, 0) is 6.54 Å². The lowest BCUT2D eigenvalue weighted by atomic mass is 10.1. The lowest BCUT2D eigenvalue weighted by Gasteiger charge is -2.28. The molecule has 1 fully saturated rings. The van der Waals surface area contributed by atoms with E-state index in [1.54, 1.807) is 12.3 Å². The third kappa shape index (κ3) is 3.44. The molecule has 1 aliphatic carbocycles. The number of anilines is 1. The van der Waals surface area contributed by atoms with Crippen molar-refractivity contribution in [1.82, 2.24) is 10.3 Å². The molecular weight excluding hydrogens is 241 g/mol. The molecule has 0 aliphatic heterocycles. The van der Waals surface area contributed by atoms with Gasteiger partial charge in [0, 0.05) is 31.4 Å². The Labute approximate surface area is 115 Å². The smallest absolute Gasteiger partial charge is 0.170 e. The van der Waals surface area contributed by atoms with E-state index >= 15 is 0 Å². The van der Waals surface area contributed by atoms with Crippen LogP contribution >= 0.6 is 0 Å². The molecule has 19 heavy (non-hydrogen) atoms. The predicted octanol–water partition coefficient (Wildman–Crippen LogP) is 3.10. The Hall–Kier alpha value is -1.16. The van der Waals surface area contributed by atoms with Crippen molar-refractivity contribution in [3.8, 4) is 0 Å². The van der Waals surface area contributed by atoms with Crippen molar-refractivity contribution in [3.63, 3.8) is 0 Å². The Bertz CT molecular complexity index is 400. The van der Waals surface area contributed by atoms with Crippen LogP contribution in [-0.4, -0.2) is 25.1 Å². The van der Waals surface area contributed by atoms with Crippen LogP contribution in [0.1, 0.15) is 44.1 Å². The Balaban J connectivity index is 2.17. The van der Waals surface area contributed by atoms with Crippen molar-refractivity contribution in [2.45, 2.75) is 51.1 Å². The second-order valence-corrected chi connectivity index (χ2v) is 5.39. The molecular formula is C15H24FN3. The van der Waals surface area contributed by atoms with Crippen molar-refractivity contribution >= 4 is 5.82 Å². The first-order valence-corrected chi connectivity index (χ1v) is 7.25. The molecule has 1 heterocycles. The summed E-state index contributed by atoms with van der Waals surface area (Å²) in [5.41, 5.74) is 0.688. The highest BCUT2D eigenvalue weighted by molar-refractivity contribution is 5.43. The van der Waals surface area contributed by atoms with E-state index in [0.29, 0.717) is 24.0 Å². The molecule has 0 unspecified atom stereocenters. The van der Waals surface area contributed by atoms with Crippen LogP contribution in [0.25, 0.3) is 0 Å². The Kier molecular flexibility index (Phi) is 5.14. The highest BCUT2D eigenvalue weighted by Crippen LogP contribution is 2.26. The van der Waals surface area contributed by atoms with Crippen molar-refractivity contribution in [3.05, 3.63) is 23.6 Å². The number of nitrogens with one attached hydrogen (secondary N) is 1. The number of hydrogen-bond acceptors (Lipinski definition) is 3. The zero-order valence-electron chi connectivity index (χ0n) is 12.0. The van der Waals surface area contributed by atoms with Crippen molar-refractivity contribution in [2.24, 2.45) is 0 Å². The number of halogens is 1. The molecule has 3 nitrogen and oxygen atoms in total. The van der Waals surface area contributed by atoms with Crippen LogP contribution in [0.15, 0.2) is 12.3 Å². The fourth-order valence-corrected chi connectivity index (χ4v) is 2.86. The van der Waals surface area contributed by atoms with E-state index < -0.39 is 0 Å². The van der Waals surface area contributed by atoms with E-state index in [1.807, 2.05) is 19.0 Å². The second-order valence-electron chi connectivity index (χ2n) is 5.39. The summed E-state index contributed by atoms with van der Waals surface area (Å²) in [6.07, 6.45) is 9.10. The second kappa shape index (κ2) is 6.85. The molecule has 1 aliphatic rings. The van der Waals surface area contributed by atoms with Gasteiger partial charge in [0.15, 0.2) is 11.6 Å². The minimum atomic E-state index is -0.177. The van der Waals surface area contributed by atoms with Crippen molar-refractivity contribution in [1.29, 1.82) is 0 Å². The quantitative estimate of drug-likeness (QED) is 0.848. The molecule has 1 aromatic rings. The molecule has 1 N–H and O–H groups in total. The van der Waals surface area contributed by atoms with Gasteiger partial charge in [-0.3, -0.25) is 0 Å². The summed E-state index contributed by atoms with van der Waals surface area (Å²) in [6, 6.07) is 2.17. The van der Waals surface area contributed by atoms with E-state index in [2.05, 4.69) is 10.3 Å². The number of nitrogens with zero attached hydrogens (tertiary/aromatic N) is 2. The minimum absolute atomic E-state index is 0.177. The number of rotatable bonds is 4. The van der Waals surface area contributed by atoms with Gasteiger partial charge in [-0.05, 0) is 26.0 Å². The van der Waals surface area contributed by atoms with Gasteiger partial charge in [0.2, 0.25) is 0 Å². The number of aromatic nitrogens is 1. The average molecular weight is 265 g/mol. The van der Waals surface area contributed by atoms with Gasteiger partial charge >= 0.3 is 0 Å². The molecule has 2 rings (SSSR count). The lowest BCUT2D eigenvalue weighted by Crippen LogP contribution is -2.32. The van der Waals surface area contributed by atoms with Crippen LogP contribution in [0, 0.1) is 5.82 Å². The SMILES string of the molecule is CNCc1ccnc(N(C)C2CCCCCC2)c1F. The molecule has 1 aromatic heterocycles. The van der Waals surface area contributed by atoms with E-state index in [-0.39, 0.29) is 5.82 Å². The monoisotopic (exact) mass is 265 g/mol. The topological polar surface area (TPSA) is 28.2 Å². The molecule has 0 spiro atoms. The maximum absolute atomic E-state index is 14.4. The van der Waals surface area contributed by atoms with E-state index in [1.165, 1.54) is 25.7 Å². The Morgan fingerprint density at radius 1 is 1.32 bits per heavy atom. The van der Waals surface area contributed by atoms with Crippen molar-refractivity contribution < 1.29 is 4.39 Å². The minimum Gasteiger partial charge on any atom is -0.354 e. The summed E-state index contributed by atoms with van der Waals surface area (Å²) in [6.45, 7) is 0.542. The standard InChI is InChI=1S/C15H24FN3/c1-17-11-12-9-10-18-15(14(12)16)19(2)13-7-5-3-4-6-8-13/h9-10,13,17H,3-8,11H2,1-2H3. The molecule has 0 radical (unpaired) electrons. The van der Waals surface area contributed by atoms with Crippen LogP contribution < -0.4 is 10.2 Å². The highest BCUT2D eigenvalue weighted by atomic mass is 19.1.